The molecule has 0 spiro atoms. The maximum Gasteiger partial charge on any atom is 0.0776 e. The quantitative estimate of drug-likeness (QED) is 0.634. The SMILES string of the molecule is CNC(COCCOC)c1cnnn1C. The third-order valence-electron chi connectivity index (χ3n) is 2.17. The van der Waals surface area contributed by atoms with E-state index in [1.165, 1.54) is 0 Å². The van der Waals surface area contributed by atoms with Crippen molar-refractivity contribution in [2.24, 2.45) is 7.05 Å². The van der Waals surface area contributed by atoms with Crippen molar-refractivity contribution < 1.29 is 9.47 Å². The maximum atomic E-state index is 5.45. The van der Waals surface area contributed by atoms with Crippen LogP contribution in [0, 0.1) is 0 Å². The maximum absolute atomic E-state index is 5.45. The Bertz CT molecular complexity index is 277. The Kier molecular flexibility index (Phi) is 5.23. The molecule has 6 nitrogen and oxygen atoms in total. The highest BCUT2D eigenvalue weighted by Gasteiger charge is 2.13. The van der Waals surface area contributed by atoms with Gasteiger partial charge < -0.3 is 14.8 Å². The largest absolute Gasteiger partial charge is 0.382 e. The highest BCUT2D eigenvalue weighted by molar-refractivity contribution is 5.01. The van der Waals surface area contributed by atoms with Crippen molar-refractivity contribution in [3.05, 3.63) is 11.9 Å². The van der Waals surface area contributed by atoms with E-state index in [2.05, 4.69) is 15.6 Å². The molecule has 0 aliphatic heterocycles. The molecule has 0 radical (unpaired) electrons. The first-order valence-electron chi connectivity index (χ1n) is 4.88. The first-order chi connectivity index (χ1) is 7.29. The van der Waals surface area contributed by atoms with Crippen molar-refractivity contribution in [2.75, 3.05) is 34.0 Å². The number of hydrogen-bond acceptors (Lipinski definition) is 5. The summed E-state index contributed by atoms with van der Waals surface area (Å²) in [6.45, 7) is 1.79. The van der Waals surface area contributed by atoms with Gasteiger partial charge in [0.15, 0.2) is 0 Å². The number of rotatable bonds is 7. The average Bonchev–Trinajstić information content (AvgIpc) is 2.65. The molecular weight excluding hydrogens is 196 g/mol. The van der Waals surface area contributed by atoms with E-state index in [0.29, 0.717) is 19.8 Å². The Morgan fingerprint density at radius 2 is 2.33 bits per heavy atom. The van der Waals surface area contributed by atoms with Crippen LogP contribution in [0.3, 0.4) is 0 Å². The van der Waals surface area contributed by atoms with Crippen LogP contribution in [-0.4, -0.2) is 49.0 Å². The molecule has 86 valence electrons. The van der Waals surface area contributed by atoms with Gasteiger partial charge in [0.05, 0.1) is 37.8 Å². The molecule has 1 unspecified atom stereocenters. The molecule has 0 aliphatic rings. The molecule has 0 saturated carbocycles. The molecule has 0 bridgehead atoms. The van der Waals surface area contributed by atoms with Crippen molar-refractivity contribution in [2.45, 2.75) is 6.04 Å². The number of hydrogen-bond donors (Lipinski definition) is 1. The summed E-state index contributed by atoms with van der Waals surface area (Å²) in [5.74, 6) is 0. The third-order valence-corrected chi connectivity index (χ3v) is 2.17. The minimum atomic E-state index is 0.113. The van der Waals surface area contributed by atoms with E-state index < -0.39 is 0 Å². The molecule has 0 amide bonds. The Hall–Kier alpha value is -0.980. The summed E-state index contributed by atoms with van der Waals surface area (Å²) in [7, 11) is 5.41. The predicted octanol–water partition coefficient (Wildman–Crippen LogP) is -0.261. The lowest BCUT2D eigenvalue weighted by atomic mass is 10.2. The molecule has 0 aromatic carbocycles. The second-order valence-electron chi connectivity index (χ2n) is 3.19. The number of nitrogens with one attached hydrogen (secondary N) is 1. The van der Waals surface area contributed by atoms with Crippen molar-refractivity contribution >= 4 is 0 Å². The molecular formula is C9H18N4O2. The number of methoxy groups -OCH3 is 1. The van der Waals surface area contributed by atoms with Crippen LogP contribution in [0.4, 0.5) is 0 Å². The molecule has 1 atom stereocenters. The summed E-state index contributed by atoms with van der Waals surface area (Å²) in [6, 6.07) is 0.113. The van der Waals surface area contributed by atoms with Gasteiger partial charge >= 0.3 is 0 Å². The Morgan fingerprint density at radius 1 is 1.53 bits per heavy atom. The van der Waals surface area contributed by atoms with Crippen LogP contribution in [0.15, 0.2) is 6.20 Å². The first-order valence-corrected chi connectivity index (χ1v) is 4.88. The van der Waals surface area contributed by atoms with E-state index in [0.717, 1.165) is 5.69 Å². The van der Waals surface area contributed by atoms with Crippen LogP contribution in [0.25, 0.3) is 0 Å². The molecule has 1 heterocycles. The van der Waals surface area contributed by atoms with Crippen molar-refractivity contribution in [3.8, 4) is 0 Å². The zero-order valence-corrected chi connectivity index (χ0v) is 9.43. The molecule has 1 aromatic rings. The Balaban J connectivity index is 2.39. The first kappa shape index (κ1) is 12.1. The van der Waals surface area contributed by atoms with Gasteiger partial charge in [-0.05, 0) is 7.05 Å². The lowest BCUT2D eigenvalue weighted by Gasteiger charge is -2.15. The number of likely N-dealkylation sites (N-methyl/N-ethyl adjacent to an activating group) is 1. The lowest BCUT2D eigenvalue weighted by molar-refractivity contribution is 0.0586. The highest BCUT2D eigenvalue weighted by Crippen LogP contribution is 2.09. The third kappa shape index (κ3) is 3.58. The second kappa shape index (κ2) is 6.49. The van der Waals surface area contributed by atoms with E-state index >= 15 is 0 Å². The van der Waals surface area contributed by atoms with Gasteiger partial charge in [-0.2, -0.15) is 0 Å². The Labute approximate surface area is 89.6 Å². The fourth-order valence-electron chi connectivity index (χ4n) is 1.27. The summed E-state index contributed by atoms with van der Waals surface area (Å²) >= 11 is 0. The van der Waals surface area contributed by atoms with E-state index in [9.17, 15) is 0 Å². The molecule has 6 heteroatoms. The smallest absolute Gasteiger partial charge is 0.0776 e. The van der Waals surface area contributed by atoms with E-state index in [1.807, 2.05) is 14.1 Å². The van der Waals surface area contributed by atoms with Crippen LogP contribution in [0.1, 0.15) is 11.7 Å². The monoisotopic (exact) mass is 214 g/mol. The van der Waals surface area contributed by atoms with E-state index in [-0.39, 0.29) is 6.04 Å². The highest BCUT2D eigenvalue weighted by atomic mass is 16.5. The van der Waals surface area contributed by atoms with Gasteiger partial charge in [0, 0.05) is 14.2 Å². The van der Waals surface area contributed by atoms with Crippen LogP contribution < -0.4 is 5.32 Å². The van der Waals surface area contributed by atoms with Crippen LogP contribution >= 0.6 is 0 Å². The number of aromatic nitrogens is 3. The van der Waals surface area contributed by atoms with Crippen molar-refractivity contribution in [3.63, 3.8) is 0 Å². The predicted molar refractivity (Wildman–Crippen MR) is 55.5 cm³/mol. The second-order valence-corrected chi connectivity index (χ2v) is 3.19. The Morgan fingerprint density at radius 3 is 2.87 bits per heavy atom. The molecule has 0 saturated heterocycles. The fraction of sp³-hybridized carbons (Fsp3) is 0.778. The topological polar surface area (TPSA) is 61.2 Å². The molecule has 15 heavy (non-hydrogen) atoms. The van der Waals surface area contributed by atoms with Crippen LogP contribution in [-0.2, 0) is 16.5 Å². The minimum Gasteiger partial charge on any atom is -0.382 e. The summed E-state index contributed by atoms with van der Waals surface area (Å²) in [5.41, 5.74) is 1.01. The van der Waals surface area contributed by atoms with Gasteiger partial charge in [0.2, 0.25) is 0 Å². The fourth-order valence-corrected chi connectivity index (χ4v) is 1.27. The molecule has 0 aliphatic carbocycles. The number of aryl methyl sites for hydroxylation is 1. The number of ether oxygens (including phenoxy) is 2. The molecule has 1 aromatic heterocycles. The number of nitrogens with zero attached hydrogens (tertiary/aromatic N) is 3. The van der Waals surface area contributed by atoms with Gasteiger partial charge in [0.25, 0.3) is 0 Å². The summed E-state index contributed by atoms with van der Waals surface area (Å²) in [6.07, 6.45) is 1.74. The molecule has 1 N–H and O–H groups in total. The van der Waals surface area contributed by atoms with Gasteiger partial charge in [0.1, 0.15) is 0 Å². The van der Waals surface area contributed by atoms with Gasteiger partial charge in [-0.1, -0.05) is 5.21 Å². The normalized spacial score (nSPS) is 13.0. The minimum absolute atomic E-state index is 0.113. The van der Waals surface area contributed by atoms with E-state index in [4.69, 9.17) is 9.47 Å². The summed E-state index contributed by atoms with van der Waals surface area (Å²) in [5, 5.41) is 10.9. The van der Waals surface area contributed by atoms with Gasteiger partial charge in [-0.3, -0.25) is 4.68 Å². The average molecular weight is 214 g/mol. The zero-order chi connectivity index (χ0) is 11.1. The van der Waals surface area contributed by atoms with E-state index in [1.54, 1.807) is 18.0 Å². The van der Waals surface area contributed by atoms with Crippen molar-refractivity contribution in [1.29, 1.82) is 0 Å². The van der Waals surface area contributed by atoms with Gasteiger partial charge in [-0.15, -0.1) is 5.10 Å². The van der Waals surface area contributed by atoms with Gasteiger partial charge in [-0.25, -0.2) is 0 Å². The lowest BCUT2D eigenvalue weighted by Crippen LogP contribution is -2.24. The summed E-state index contributed by atoms with van der Waals surface area (Å²) < 4.78 is 12.1. The zero-order valence-electron chi connectivity index (χ0n) is 9.43. The molecule has 1 rings (SSSR count). The standard InChI is InChI=1S/C9H18N4O2/c1-10-8(7-15-5-4-14-3)9-6-11-12-13(9)2/h6,8,10H,4-5,7H2,1-3H3. The summed E-state index contributed by atoms with van der Waals surface area (Å²) in [4.78, 5) is 0. The van der Waals surface area contributed by atoms with Crippen molar-refractivity contribution in [1.82, 2.24) is 20.3 Å². The van der Waals surface area contributed by atoms with Crippen LogP contribution in [0.5, 0.6) is 0 Å². The van der Waals surface area contributed by atoms with Crippen LogP contribution in [0.2, 0.25) is 0 Å². The molecule has 0 fully saturated rings.